The summed E-state index contributed by atoms with van der Waals surface area (Å²) in [6, 6.07) is 25.7. The van der Waals surface area contributed by atoms with Crippen molar-refractivity contribution in [3.8, 4) is 5.75 Å². The highest BCUT2D eigenvalue weighted by atomic mass is 32.2. The molecular formula is C25H22N2OS2. The van der Waals surface area contributed by atoms with Crippen molar-refractivity contribution >= 4 is 34.9 Å². The topological polar surface area (TPSA) is 15.7 Å². The Balaban J connectivity index is 1.41. The number of allylic oxidation sites excluding steroid dienone is 1. The van der Waals surface area contributed by atoms with Crippen LogP contribution in [0.5, 0.6) is 5.75 Å². The molecule has 0 aliphatic carbocycles. The van der Waals surface area contributed by atoms with Gasteiger partial charge in [-0.25, -0.2) is 0 Å². The van der Waals surface area contributed by atoms with E-state index in [1.807, 2.05) is 23.5 Å². The second-order valence-electron chi connectivity index (χ2n) is 7.93. The summed E-state index contributed by atoms with van der Waals surface area (Å²) in [7, 11) is 4.32. The molecule has 0 bridgehead atoms. The lowest BCUT2D eigenvalue weighted by Gasteiger charge is -2.43. The first-order valence-electron chi connectivity index (χ1n) is 10.2. The van der Waals surface area contributed by atoms with E-state index in [4.69, 9.17) is 4.74 Å². The quantitative estimate of drug-likeness (QED) is 0.435. The average Bonchev–Trinajstić information content (AvgIpc) is 3.22. The summed E-state index contributed by atoms with van der Waals surface area (Å²) in [6.45, 7) is 0. The number of rotatable bonds is 1. The summed E-state index contributed by atoms with van der Waals surface area (Å²) < 4.78 is 6.70. The zero-order valence-electron chi connectivity index (χ0n) is 16.9. The third-order valence-corrected chi connectivity index (χ3v) is 8.78. The first kappa shape index (κ1) is 18.3. The number of fused-ring (bicyclic) bond motifs is 3. The number of thioether (sulfide) groups is 2. The van der Waals surface area contributed by atoms with Crippen LogP contribution >= 0.6 is 23.5 Å². The highest BCUT2D eigenvalue weighted by molar-refractivity contribution is 8.03. The molecule has 2 unspecified atom stereocenters. The number of benzene rings is 3. The van der Waals surface area contributed by atoms with Gasteiger partial charge in [0.1, 0.15) is 5.75 Å². The summed E-state index contributed by atoms with van der Waals surface area (Å²) in [4.78, 5) is 7.23. The van der Waals surface area contributed by atoms with Crippen LogP contribution in [-0.2, 0) is 0 Å². The molecule has 2 atom stereocenters. The number of ether oxygens (including phenoxy) is 1. The van der Waals surface area contributed by atoms with Crippen molar-refractivity contribution in [2.75, 3.05) is 23.9 Å². The molecule has 150 valence electrons. The van der Waals surface area contributed by atoms with Crippen LogP contribution in [0, 0.1) is 0 Å². The number of hydrogen-bond donors (Lipinski definition) is 0. The molecule has 0 aromatic heterocycles. The molecule has 3 nitrogen and oxygen atoms in total. The van der Waals surface area contributed by atoms with Gasteiger partial charge in [-0.3, -0.25) is 0 Å². The maximum atomic E-state index is 6.70. The Morgan fingerprint density at radius 1 is 0.900 bits per heavy atom. The molecule has 0 saturated carbocycles. The van der Waals surface area contributed by atoms with Crippen LogP contribution < -0.4 is 14.5 Å². The molecule has 0 amide bonds. The SMILES string of the molecule is CN1C(=CC2CC3(Oc4ccccc42)Sc2ccccc2N3C)Sc2ccccc21. The van der Waals surface area contributed by atoms with Gasteiger partial charge in [-0.05, 0) is 36.4 Å². The predicted molar refractivity (Wildman–Crippen MR) is 127 cm³/mol. The molecule has 30 heavy (non-hydrogen) atoms. The predicted octanol–water partition coefficient (Wildman–Crippen LogP) is 6.53. The Morgan fingerprint density at radius 2 is 1.60 bits per heavy atom. The summed E-state index contributed by atoms with van der Waals surface area (Å²) in [5, 5.41) is 0.866. The van der Waals surface area contributed by atoms with Crippen molar-refractivity contribution in [1.82, 2.24) is 0 Å². The average molecular weight is 431 g/mol. The maximum Gasteiger partial charge on any atom is 0.236 e. The van der Waals surface area contributed by atoms with E-state index in [0.29, 0.717) is 0 Å². The van der Waals surface area contributed by atoms with E-state index < -0.39 is 5.06 Å². The van der Waals surface area contributed by atoms with Gasteiger partial charge < -0.3 is 14.5 Å². The van der Waals surface area contributed by atoms with Crippen molar-refractivity contribution in [3.05, 3.63) is 89.5 Å². The van der Waals surface area contributed by atoms with Crippen molar-refractivity contribution in [2.24, 2.45) is 0 Å². The van der Waals surface area contributed by atoms with Crippen molar-refractivity contribution in [1.29, 1.82) is 0 Å². The zero-order chi connectivity index (χ0) is 20.3. The van der Waals surface area contributed by atoms with Crippen LogP contribution in [-0.4, -0.2) is 19.2 Å². The second-order valence-corrected chi connectivity index (χ2v) is 10.3. The van der Waals surface area contributed by atoms with Crippen molar-refractivity contribution in [3.63, 3.8) is 0 Å². The fraction of sp³-hybridized carbons (Fsp3) is 0.200. The van der Waals surface area contributed by atoms with E-state index in [1.165, 1.54) is 31.8 Å². The van der Waals surface area contributed by atoms with Gasteiger partial charge in [-0.2, -0.15) is 0 Å². The van der Waals surface area contributed by atoms with Gasteiger partial charge in [-0.15, -0.1) is 0 Å². The van der Waals surface area contributed by atoms with Crippen LogP contribution in [0.15, 0.2) is 93.7 Å². The molecule has 5 heteroatoms. The van der Waals surface area contributed by atoms with Crippen molar-refractivity contribution < 1.29 is 4.74 Å². The van der Waals surface area contributed by atoms with Crippen LogP contribution in [0.3, 0.4) is 0 Å². The monoisotopic (exact) mass is 430 g/mol. The minimum Gasteiger partial charge on any atom is -0.458 e. The lowest BCUT2D eigenvalue weighted by Crippen LogP contribution is -2.49. The molecule has 3 aromatic carbocycles. The summed E-state index contributed by atoms with van der Waals surface area (Å²) in [5.41, 5.74) is 3.79. The van der Waals surface area contributed by atoms with Gasteiger partial charge in [0.15, 0.2) is 0 Å². The summed E-state index contributed by atoms with van der Waals surface area (Å²) >= 11 is 3.69. The largest absolute Gasteiger partial charge is 0.458 e. The lowest BCUT2D eigenvalue weighted by atomic mass is 9.91. The van der Waals surface area contributed by atoms with E-state index >= 15 is 0 Å². The first-order valence-corrected chi connectivity index (χ1v) is 11.8. The third-order valence-electron chi connectivity index (χ3n) is 6.19. The molecule has 3 heterocycles. The molecule has 0 fully saturated rings. The van der Waals surface area contributed by atoms with Gasteiger partial charge in [0, 0.05) is 41.8 Å². The Kier molecular flexibility index (Phi) is 4.12. The van der Waals surface area contributed by atoms with Gasteiger partial charge in [0.05, 0.1) is 16.4 Å². The maximum absolute atomic E-state index is 6.70. The smallest absolute Gasteiger partial charge is 0.236 e. The van der Waals surface area contributed by atoms with Gasteiger partial charge in [-0.1, -0.05) is 66.0 Å². The highest BCUT2D eigenvalue weighted by Gasteiger charge is 2.49. The van der Waals surface area contributed by atoms with E-state index in [9.17, 15) is 0 Å². The van der Waals surface area contributed by atoms with Crippen LogP contribution in [0.2, 0.25) is 0 Å². The van der Waals surface area contributed by atoms with Gasteiger partial charge in [0.2, 0.25) is 5.06 Å². The fourth-order valence-corrected chi connectivity index (χ4v) is 7.16. The van der Waals surface area contributed by atoms with Crippen LogP contribution in [0.25, 0.3) is 0 Å². The third kappa shape index (κ3) is 2.69. The van der Waals surface area contributed by atoms with Crippen LogP contribution in [0.4, 0.5) is 11.4 Å². The lowest BCUT2D eigenvalue weighted by molar-refractivity contribution is 0.135. The minimum absolute atomic E-state index is 0.276. The first-order chi connectivity index (χ1) is 14.6. The van der Waals surface area contributed by atoms with E-state index in [0.717, 1.165) is 12.2 Å². The highest BCUT2D eigenvalue weighted by Crippen LogP contribution is 2.57. The number of anilines is 2. The van der Waals surface area contributed by atoms with Crippen LogP contribution in [0.1, 0.15) is 17.9 Å². The van der Waals surface area contributed by atoms with Gasteiger partial charge in [0.25, 0.3) is 0 Å². The Hall–Kier alpha value is -2.50. The van der Waals surface area contributed by atoms with E-state index in [-0.39, 0.29) is 5.92 Å². The Bertz CT molecular complexity index is 1180. The molecule has 6 rings (SSSR count). The molecule has 1 spiro atoms. The van der Waals surface area contributed by atoms with E-state index in [2.05, 4.69) is 103 Å². The van der Waals surface area contributed by atoms with Crippen molar-refractivity contribution in [2.45, 2.75) is 27.2 Å². The number of nitrogens with zero attached hydrogens (tertiary/aromatic N) is 2. The summed E-state index contributed by atoms with van der Waals surface area (Å²) in [6.07, 6.45) is 3.33. The molecule has 0 N–H and O–H groups in total. The number of hydrogen-bond acceptors (Lipinski definition) is 5. The summed E-state index contributed by atoms with van der Waals surface area (Å²) in [5.74, 6) is 1.26. The Morgan fingerprint density at radius 3 is 2.40 bits per heavy atom. The van der Waals surface area contributed by atoms with Gasteiger partial charge >= 0.3 is 0 Å². The normalized spacial score (nSPS) is 25.3. The molecule has 3 aliphatic rings. The zero-order valence-corrected chi connectivity index (χ0v) is 18.5. The second kappa shape index (κ2) is 6.76. The molecule has 3 aromatic rings. The molecular weight excluding hydrogens is 408 g/mol. The standard InChI is InChI=1S/C25H22N2OS2/c1-26-19-10-4-7-13-22(19)29-24(26)15-17-16-25(28-21-12-6-3-9-18(17)21)27(2)20-11-5-8-14-23(20)30-25/h3-15,17H,16H2,1-2H3. The molecule has 3 aliphatic heterocycles. The fourth-order valence-electron chi connectivity index (χ4n) is 4.58. The Labute approximate surface area is 185 Å². The molecule has 0 saturated heterocycles. The number of para-hydroxylation sites is 3. The molecule has 0 radical (unpaired) electrons. The minimum atomic E-state index is -0.422. The van der Waals surface area contributed by atoms with E-state index in [1.54, 1.807) is 0 Å².